The Bertz CT molecular complexity index is 146. The number of hydrogen-bond acceptors (Lipinski definition) is 5. The van der Waals surface area contributed by atoms with Gasteiger partial charge in [0.15, 0.2) is 6.29 Å². The van der Waals surface area contributed by atoms with E-state index in [-0.39, 0.29) is 0 Å². The molecule has 0 aromatic rings. The van der Waals surface area contributed by atoms with Crippen molar-refractivity contribution in [1.82, 2.24) is 0 Å². The van der Waals surface area contributed by atoms with Crippen molar-refractivity contribution in [2.75, 3.05) is 0 Å². The molecular weight excluding hydrogens is 164 g/mol. The molecule has 0 spiro atoms. The third kappa shape index (κ3) is 1.60. The molecule has 1 heterocycles. The summed E-state index contributed by atoms with van der Waals surface area (Å²) >= 11 is 0. The number of hydrogen-bond donors (Lipinski definition) is 4. The Kier molecular flexibility index (Phi) is 3.03. The zero-order valence-electron chi connectivity index (χ0n) is 6.79. The monoisotopic (exact) mass is 178 g/mol. The summed E-state index contributed by atoms with van der Waals surface area (Å²) in [5.41, 5.74) is 0. The third-order valence-electron chi connectivity index (χ3n) is 2.09. The molecule has 12 heavy (non-hydrogen) atoms. The van der Waals surface area contributed by atoms with Gasteiger partial charge in [0.25, 0.3) is 0 Å². The fourth-order valence-corrected chi connectivity index (χ4v) is 1.27. The van der Waals surface area contributed by atoms with E-state index in [0.29, 0.717) is 6.42 Å². The molecule has 0 aromatic heterocycles. The van der Waals surface area contributed by atoms with Crippen LogP contribution < -0.4 is 0 Å². The summed E-state index contributed by atoms with van der Waals surface area (Å²) in [6.07, 6.45) is -5.44. The van der Waals surface area contributed by atoms with Crippen LogP contribution in [0.5, 0.6) is 0 Å². The van der Waals surface area contributed by atoms with Crippen molar-refractivity contribution in [3.63, 3.8) is 0 Å². The number of rotatable bonds is 1. The highest BCUT2D eigenvalue weighted by Crippen LogP contribution is 2.21. The maximum atomic E-state index is 9.28. The lowest BCUT2D eigenvalue weighted by Crippen LogP contribution is -2.57. The molecule has 1 aliphatic rings. The summed E-state index contributed by atoms with van der Waals surface area (Å²) < 4.78 is 4.83. The molecule has 0 saturated carbocycles. The lowest BCUT2D eigenvalue weighted by molar-refractivity contribution is -0.281. The van der Waals surface area contributed by atoms with E-state index in [0.717, 1.165) is 0 Å². The highest BCUT2D eigenvalue weighted by Gasteiger charge is 2.41. The molecule has 1 rings (SSSR count). The van der Waals surface area contributed by atoms with Crippen molar-refractivity contribution < 1.29 is 25.2 Å². The van der Waals surface area contributed by atoms with E-state index in [1.807, 2.05) is 0 Å². The van der Waals surface area contributed by atoms with Crippen LogP contribution in [0.15, 0.2) is 0 Å². The molecule has 1 saturated heterocycles. The molecular formula is C7H14O5. The first-order chi connectivity index (χ1) is 5.57. The first-order valence-electron chi connectivity index (χ1n) is 3.95. The van der Waals surface area contributed by atoms with Crippen LogP contribution in [0.2, 0.25) is 0 Å². The van der Waals surface area contributed by atoms with Crippen molar-refractivity contribution in [2.24, 2.45) is 0 Å². The summed E-state index contributed by atoms with van der Waals surface area (Å²) in [5, 5.41) is 36.5. The number of aliphatic hydroxyl groups is 4. The molecule has 1 aliphatic heterocycles. The Morgan fingerprint density at radius 1 is 1.00 bits per heavy atom. The van der Waals surface area contributed by atoms with E-state index in [2.05, 4.69) is 0 Å². The average molecular weight is 178 g/mol. The first kappa shape index (κ1) is 9.88. The van der Waals surface area contributed by atoms with Gasteiger partial charge in [0, 0.05) is 0 Å². The zero-order chi connectivity index (χ0) is 9.30. The lowest BCUT2D eigenvalue weighted by Gasteiger charge is -2.37. The summed E-state index contributed by atoms with van der Waals surface area (Å²) in [4.78, 5) is 0. The van der Waals surface area contributed by atoms with Crippen LogP contribution in [0, 0.1) is 0 Å². The van der Waals surface area contributed by atoms with E-state index in [9.17, 15) is 10.2 Å². The minimum Gasteiger partial charge on any atom is -0.388 e. The van der Waals surface area contributed by atoms with Crippen molar-refractivity contribution in [3.8, 4) is 0 Å². The summed E-state index contributed by atoms with van der Waals surface area (Å²) in [6, 6.07) is 0. The molecule has 4 N–H and O–H groups in total. The normalized spacial score (nSPS) is 49.2. The van der Waals surface area contributed by atoms with Gasteiger partial charge in [0.2, 0.25) is 0 Å². The van der Waals surface area contributed by atoms with Crippen LogP contribution in [0.4, 0.5) is 0 Å². The number of ether oxygens (including phenoxy) is 1. The molecule has 0 aromatic carbocycles. The quantitative estimate of drug-likeness (QED) is 0.380. The van der Waals surface area contributed by atoms with Crippen LogP contribution in [0.25, 0.3) is 0 Å². The zero-order valence-corrected chi connectivity index (χ0v) is 6.79. The van der Waals surface area contributed by atoms with Crippen molar-refractivity contribution in [3.05, 3.63) is 0 Å². The van der Waals surface area contributed by atoms with Crippen LogP contribution >= 0.6 is 0 Å². The second-order valence-electron chi connectivity index (χ2n) is 2.95. The fraction of sp³-hybridized carbons (Fsp3) is 1.00. The average Bonchev–Trinajstić information content (AvgIpc) is 2.08. The summed E-state index contributed by atoms with van der Waals surface area (Å²) in [6.45, 7) is 1.75. The molecule has 0 amide bonds. The Labute approximate surface area is 70.2 Å². The molecule has 0 bridgehead atoms. The molecule has 5 heteroatoms. The van der Waals surface area contributed by atoms with E-state index < -0.39 is 30.7 Å². The van der Waals surface area contributed by atoms with Crippen LogP contribution in [-0.4, -0.2) is 51.1 Å². The van der Waals surface area contributed by atoms with Crippen molar-refractivity contribution in [2.45, 2.75) is 44.1 Å². The third-order valence-corrected chi connectivity index (χ3v) is 2.09. The van der Waals surface area contributed by atoms with Gasteiger partial charge in [-0.15, -0.1) is 0 Å². The van der Waals surface area contributed by atoms with Gasteiger partial charge in [-0.1, -0.05) is 6.92 Å². The maximum absolute atomic E-state index is 9.28. The standard InChI is InChI=1S/C7H14O5/c1-2-3-4(8)5(9)6(10)7(11)12-3/h3-11H,2H2,1H3/t3?,4-,5-,6?,7-/m0/s1. The molecule has 2 unspecified atom stereocenters. The van der Waals surface area contributed by atoms with Gasteiger partial charge < -0.3 is 25.2 Å². The maximum Gasteiger partial charge on any atom is 0.183 e. The summed E-state index contributed by atoms with van der Waals surface area (Å²) in [7, 11) is 0. The summed E-state index contributed by atoms with van der Waals surface area (Å²) in [5.74, 6) is 0. The molecule has 0 radical (unpaired) electrons. The van der Waals surface area contributed by atoms with Gasteiger partial charge >= 0.3 is 0 Å². The molecule has 1 fully saturated rings. The van der Waals surface area contributed by atoms with Gasteiger partial charge in [0.05, 0.1) is 6.10 Å². The van der Waals surface area contributed by atoms with Gasteiger partial charge in [-0.3, -0.25) is 0 Å². The number of aliphatic hydroxyl groups excluding tert-OH is 4. The van der Waals surface area contributed by atoms with E-state index >= 15 is 0 Å². The molecule has 72 valence electrons. The minimum absolute atomic E-state index is 0.474. The second kappa shape index (κ2) is 3.68. The second-order valence-corrected chi connectivity index (χ2v) is 2.95. The molecule has 0 aliphatic carbocycles. The Morgan fingerprint density at radius 3 is 2.08 bits per heavy atom. The van der Waals surface area contributed by atoms with Gasteiger partial charge in [0.1, 0.15) is 18.3 Å². The van der Waals surface area contributed by atoms with Crippen molar-refractivity contribution >= 4 is 0 Å². The van der Waals surface area contributed by atoms with E-state index in [1.165, 1.54) is 0 Å². The largest absolute Gasteiger partial charge is 0.388 e. The smallest absolute Gasteiger partial charge is 0.183 e. The van der Waals surface area contributed by atoms with Crippen LogP contribution in [0.1, 0.15) is 13.3 Å². The molecule has 5 nitrogen and oxygen atoms in total. The fourth-order valence-electron chi connectivity index (χ4n) is 1.27. The predicted molar refractivity (Wildman–Crippen MR) is 39.2 cm³/mol. The first-order valence-corrected chi connectivity index (χ1v) is 3.95. The highest BCUT2D eigenvalue weighted by molar-refractivity contribution is 4.87. The molecule has 5 atom stereocenters. The predicted octanol–water partition coefficient (Wildman–Crippen LogP) is -1.80. The van der Waals surface area contributed by atoms with E-state index in [1.54, 1.807) is 6.92 Å². The lowest BCUT2D eigenvalue weighted by atomic mass is 9.97. The van der Waals surface area contributed by atoms with Crippen LogP contribution in [-0.2, 0) is 4.74 Å². The highest BCUT2D eigenvalue weighted by atomic mass is 16.6. The van der Waals surface area contributed by atoms with Gasteiger partial charge in [-0.25, -0.2) is 0 Å². The van der Waals surface area contributed by atoms with Gasteiger partial charge in [-0.05, 0) is 6.42 Å². The topological polar surface area (TPSA) is 90.2 Å². The van der Waals surface area contributed by atoms with Crippen LogP contribution in [0.3, 0.4) is 0 Å². The Hall–Kier alpha value is -0.200. The minimum atomic E-state index is -1.43. The Balaban J connectivity index is 2.63. The van der Waals surface area contributed by atoms with Crippen molar-refractivity contribution in [1.29, 1.82) is 0 Å². The Morgan fingerprint density at radius 2 is 1.58 bits per heavy atom. The SMILES string of the molecule is CCC1O[C@H](O)C(O)[C@@H](O)[C@H]1O. The van der Waals surface area contributed by atoms with Gasteiger partial charge in [-0.2, -0.15) is 0 Å². The van der Waals surface area contributed by atoms with E-state index in [4.69, 9.17) is 14.9 Å².